The number of benzene rings is 3. The second-order valence-electron chi connectivity index (χ2n) is 5.29. The van der Waals surface area contributed by atoms with E-state index in [0.717, 1.165) is 11.1 Å². The quantitative estimate of drug-likeness (QED) is 0.661. The minimum atomic E-state index is 0.390. The van der Waals surface area contributed by atoms with Crippen LogP contribution in [0.1, 0.15) is 16.7 Å². The molecule has 3 rings (SSSR count). The third-order valence-corrected chi connectivity index (χ3v) is 3.56. The highest BCUT2D eigenvalue weighted by molar-refractivity contribution is 5.52. The first-order chi connectivity index (χ1) is 11.9. The van der Waals surface area contributed by atoms with Crippen molar-refractivity contribution in [1.82, 2.24) is 0 Å². The van der Waals surface area contributed by atoms with Crippen LogP contribution in [0.15, 0.2) is 78.9 Å². The second kappa shape index (κ2) is 7.85. The molecular weight excluding hydrogens is 298 g/mol. The first-order valence-corrected chi connectivity index (χ1v) is 7.73. The van der Waals surface area contributed by atoms with Gasteiger partial charge >= 0.3 is 0 Å². The molecule has 0 aliphatic carbocycles. The minimum Gasteiger partial charge on any atom is -0.485 e. The maximum Gasteiger partial charge on any atom is 0.179 e. The zero-order valence-corrected chi connectivity index (χ0v) is 13.2. The zero-order valence-electron chi connectivity index (χ0n) is 13.2. The molecule has 0 aromatic heterocycles. The van der Waals surface area contributed by atoms with E-state index in [-0.39, 0.29) is 0 Å². The van der Waals surface area contributed by atoms with Gasteiger partial charge in [-0.2, -0.15) is 5.26 Å². The molecular formula is C21H17NO2. The maximum absolute atomic E-state index is 9.34. The Morgan fingerprint density at radius 1 is 0.667 bits per heavy atom. The van der Waals surface area contributed by atoms with Gasteiger partial charge in [0, 0.05) is 0 Å². The molecule has 0 N–H and O–H groups in total. The predicted octanol–water partition coefficient (Wildman–Crippen LogP) is 4.72. The zero-order chi connectivity index (χ0) is 16.6. The van der Waals surface area contributed by atoms with E-state index < -0.39 is 0 Å². The van der Waals surface area contributed by atoms with E-state index in [1.54, 1.807) is 12.1 Å². The standard InChI is InChI=1S/C21H17NO2/c22-14-19-12-7-13-20(23-15-17-8-3-1-4-9-17)21(19)24-16-18-10-5-2-6-11-18/h1-13H,15-16H2. The molecule has 0 bridgehead atoms. The Kier molecular flexibility index (Phi) is 5.11. The van der Waals surface area contributed by atoms with Crippen molar-refractivity contribution < 1.29 is 9.47 Å². The van der Waals surface area contributed by atoms with Gasteiger partial charge in [-0.25, -0.2) is 0 Å². The van der Waals surface area contributed by atoms with Crippen LogP contribution in [0, 0.1) is 11.3 Å². The Hall–Kier alpha value is -3.25. The van der Waals surface area contributed by atoms with Crippen LogP contribution in [0.3, 0.4) is 0 Å². The molecule has 0 unspecified atom stereocenters. The van der Waals surface area contributed by atoms with Gasteiger partial charge in [0.1, 0.15) is 19.3 Å². The van der Waals surface area contributed by atoms with Crippen molar-refractivity contribution >= 4 is 0 Å². The fraction of sp³-hybridized carbons (Fsp3) is 0.0952. The Balaban J connectivity index is 1.77. The topological polar surface area (TPSA) is 42.2 Å². The Bertz CT molecular complexity index is 823. The average Bonchev–Trinajstić information content (AvgIpc) is 2.66. The summed E-state index contributed by atoms with van der Waals surface area (Å²) in [5.41, 5.74) is 2.57. The summed E-state index contributed by atoms with van der Waals surface area (Å²) in [5.74, 6) is 1.06. The SMILES string of the molecule is N#Cc1cccc(OCc2ccccc2)c1OCc1ccccc1. The summed E-state index contributed by atoms with van der Waals surface area (Å²) in [6.07, 6.45) is 0. The van der Waals surface area contributed by atoms with E-state index in [2.05, 4.69) is 6.07 Å². The molecule has 0 saturated carbocycles. The third kappa shape index (κ3) is 3.93. The van der Waals surface area contributed by atoms with E-state index in [1.165, 1.54) is 0 Å². The van der Waals surface area contributed by atoms with Gasteiger partial charge in [-0.05, 0) is 23.3 Å². The lowest BCUT2D eigenvalue weighted by Gasteiger charge is -2.14. The summed E-state index contributed by atoms with van der Waals surface area (Å²) >= 11 is 0. The smallest absolute Gasteiger partial charge is 0.179 e. The molecule has 0 radical (unpaired) electrons. The Morgan fingerprint density at radius 2 is 1.25 bits per heavy atom. The summed E-state index contributed by atoms with van der Waals surface area (Å²) < 4.78 is 11.8. The van der Waals surface area contributed by atoms with Gasteiger partial charge < -0.3 is 9.47 Å². The monoisotopic (exact) mass is 315 g/mol. The molecule has 0 heterocycles. The molecule has 0 amide bonds. The predicted molar refractivity (Wildman–Crippen MR) is 92.7 cm³/mol. The number of ether oxygens (including phenoxy) is 2. The van der Waals surface area contributed by atoms with Gasteiger partial charge in [0.15, 0.2) is 11.5 Å². The molecule has 3 heteroatoms. The highest BCUT2D eigenvalue weighted by Gasteiger charge is 2.11. The molecule has 3 nitrogen and oxygen atoms in total. The van der Waals surface area contributed by atoms with Gasteiger partial charge in [0.25, 0.3) is 0 Å². The van der Waals surface area contributed by atoms with Crippen molar-refractivity contribution in [2.45, 2.75) is 13.2 Å². The number of hydrogen-bond donors (Lipinski definition) is 0. The number of nitriles is 1. The van der Waals surface area contributed by atoms with E-state index in [0.29, 0.717) is 30.3 Å². The summed E-state index contributed by atoms with van der Waals surface area (Å²) in [7, 11) is 0. The van der Waals surface area contributed by atoms with Gasteiger partial charge in [-0.1, -0.05) is 66.7 Å². The molecule has 0 fully saturated rings. The number of hydrogen-bond acceptors (Lipinski definition) is 3. The van der Waals surface area contributed by atoms with E-state index in [9.17, 15) is 5.26 Å². The lowest BCUT2D eigenvalue weighted by Crippen LogP contribution is -2.02. The first-order valence-electron chi connectivity index (χ1n) is 7.73. The number of rotatable bonds is 6. The summed E-state index contributed by atoms with van der Waals surface area (Å²) in [6, 6.07) is 27.3. The highest BCUT2D eigenvalue weighted by atomic mass is 16.5. The molecule has 0 saturated heterocycles. The lowest BCUT2D eigenvalue weighted by molar-refractivity contribution is 0.255. The van der Waals surface area contributed by atoms with Crippen molar-refractivity contribution in [3.63, 3.8) is 0 Å². The summed E-state index contributed by atoms with van der Waals surface area (Å²) in [6.45, 7) is 0.818. The van der Waals surface area contributed by atoms with Crippen LogP contribution in [-0.4, -0.2) is 0 Å². The Morgan fingerprint density at radius 3 is 1.83 bits per heavy atom. The van der Waals surface area contributed by atoms with Crippen molar-refractivity contribution in [3.8, 4) is 17.6 Å². The van der Waals surface area contributed by atoms with Crippen LogP contribution in [0.4, 0.5) is 0 Å². The minimum absolute atomic E-state index is 0.390. The molecule has 118 valence electrons. The largest absolute Gasteiger partial charge is 0.485 e. The molecule has 3 aromatic carbocycles. The second-order valence-corrected chi connectivity index (χ2v) is 5.29. The number of nitrogens with zero attached hydrogens (tertiary/aromatic N) is 1. The van der Waals surface area contributed by atoms with E-state index in [4.69, 9.17) is 9.47 Å². The molecule has 24 heavy (non-hydrogen) atoms. The van der Waals surface area contributed by atoms with Crippen LogP contribution in [0.25, 0.3) is 0 Å². The van der Waals surface area contributed by atoms with Crippen molar-refractivity contribution in [1.29, 1.82) is 5.26 Å². The summed E-state index contributed by atoms with van der Waals surface area (Å²) in [4.78, 5) is 0. The molecule has 0 atom stereocenters. The average molecular weight is 315 g/mol. The normalized spacial score (nSPS) is 9.96. The van der Waals surface area contributed by atoms with Crippen LogP contribution in [-0.2, 0) is 13.2 Å². The summed E-state index contributed by atoms with van der Waals surface area (Å²) in [5, 5.41) is 9.34. The first kappa shape index (κ1) is 15.6. The fourth-order valence-electron chi connectivity index (χ4n) is 2.33. The van der Waals surface area contributed by atoms with Crippen molar-refractivity contribution in [2.75, 3.05) is 0 Å². The van der Waals surface area contributed by atoms with Crippen molar-refractivity contribution in [2.24, 2.45) is 0 Å². The molecule has 0 aliphatic heterocycles. The van der Waals surface area contributed by atoms with E-state index >= 15 is 0 Å². The van der Waals surface area contributed by atoms with Gasteiger partial charge in [-0.15, -0.1) is 0 Å². The maximum atomic E-state index is 9.34. The van der Waals surface area contributed by atoms with Gasteiger partial charge in [0.2, 0.25) is 0 Å². The van der Waals surface area contributed by atoms with Crippen LogP contribution < -0.4 is 9.47 Å². The van der Waals surface area contributed by atoms with Crippen LogP contribution in [0.2, 0.25) is 0 Å². The highest BCUT2D eigenvalue weighted by Crippen LogP contribution is 2.32. The fourth-order valence-corrected chi connectivity index (χ4v) is 2.33. The van der Waals surface area contributed by atoms with Crippen LogP contribution >= 0.6 is 0 Å². The van der Waals surface area contributed by atoms with Gasteiger partial charge in [-0.3, -0.25) is 0 Å². The van der Waals surface area contributed by atoms with Gasteiger partial charge in [0.05, 0.1) is 5.56 Å². The third-order valence-electron chi connectivity index (χ3n) is 3.56. The molecule has 0 spiro atoms. The number of para-hydroxylation sites is 1. The van der Waals surface area contributed by atoms with Crippen molar-refractivity contribution in [3.05, 3.63) is 95.6 Å². The Labute approximate surface area is 141 Å². The van der Waals surface area contributed by atoms with E-state index in [1.807, 2.05) is 66.7 Å². The van der Waals surface area contributed by atoms with Crippen LogP contribution in [0.5, 0.6) is 11.5 Å². The molecule has 0 aliphatic rings. The molecule has 3 aromatic rings. The lowest BCUT2D eigenvalue weighted by atomic mass is 10.2.